The Morgan fingerprint density at radius 1 is 1.07 bits per heavy atom. The fraction of sp³-hybridized carbons (Fsp3) is 0.333. The average molecular weight is 452 g/mol. The molecule has 0 N–H and O–H groups in total. The van der Waals surface area contributed by atoms with E-state index in [1.807, 2.05) is 18.2 Å². The Morgan fingerprint density at radius 3 is 2.39 bits per heavy atom. The Morgan fingerprint density at radius 2 is 1.75 bits per heavy atom. The van der Waals surface area contributed by atoms with Crippen LogP contribution in [0.2, 0.25) is 5.02 Å². The van der Waals surface area contributed by atoms with E-state index in [0.29, 0.717) is 30.3 Å². The first-order chi connectivity index (χ1) is 13.2. The topological polar surface area (TPSA) is 46.6 Å². The lowest BCUT2D eigenvalue weighted by molar-refractivity contribution is -0.274. The van der Waals surface area contributed by atoms with Crippen LogP contribution in [0.15, 0.2) is 53.4 Å². The zero-order valence-corrected chi connectivity index (χ0v) is 16.9. The van der Waals surface area contributed by atoms with Crippen molar-refractivity contribution < 1.29 is 26.3 Å². The summed E-state index contributed by atoms with van der Waals surface area (Å²) >= 11 is 7.90. The zero-order chi connectivity index (χ0) is 20.4. The Balaban J connectivity index is 1.73. The van der Waals surface area contributed by atoms with Gasteiger partial charge in [0.1, 0.15) is 5.75 Å². The minimum absolute atomic E-state index is 0.0665. The molecule has 0 aliphatic carbocycles. The molecule has 2 aromatic rings. The molecule has 152 valence electrons. The molecule has 0 bridgehead atoms. The first-order valence-electron chi connectivity index (χ1n) is 8.39. The number of hydrogen-bond donors (Lipinski definition) is 0. The maximum Gasteiger partial charge on any atom is 0.573 e. The Labute approximate surface area is 170 Å². The Kier molecular flexibility index (Phi) is 6.48. The van der Waals surface area contributed by atoms with Gasteiger partial charge >= 0.3 is 6.36 Å². The lowest BCUT2D eigenvalue weighted by atomic mass is 10.1. The van der Waals surface area contributed by atoms with Gasteiger partial charge in [-0.1, -0.05) is 29.8 Å². The number of alkyl halides is 3. The molecule has 1 saturated heterocycles. The monoisotopic (exact) mass is 451 g/mol. The van der Waals surface area contributed by atoms with Crippen LogP contribution in [0.25, 0.3) is 0 Å². The molecule has 1 unspecified atom stereocenters. The highest BCUT2D eigenvalue weighted by Gasteiger charge is 2.32. The molecule has 3 rings (SSSR count). The van der Waals surface area contributed by atoms with E-state index < -0.39 is 22.1 Å². The highest BCUT2D eigenvalue weighted by Crippen LogP contribution is 2.38. The second-order valence-corrected chi connectivity index (χ2v) is 9.75. The summed E-state index contributed by atoms with van der Waals surface area (Å²) in [6.45, 7) is 0.612. The fourth-order valence-electron chi connectivity index (χ4n) is 2.94. The van der Waals surface area contributed by atoms with E-state index in [2.05, 4.69) is 4.74 Å². The van der Waals surface area contributed by atoms with Crippen molar-refractivity contribution in [3.63, 3.8) is 0 Å². The number of hydrogen-bond acceptors (Lipinski definition) is 4. The normalized spacial score (nSPS) is 19.2. The largest absolute Gasteiger partial charge is 0.573 e. The van der Waals surface area contributed by atoms with Gasteiger partial charge in [0.15, 0.2) is 0 Å². The summed E-state index contributed by atoms with van der Waals surface area (Å²) in [7, 11) is -3.81. The van der Waals surface area contributed by atoms with Gasteiger partial charge in [-0.2, -0.15) is 16.1 Å². The summed E-state index contributed by atoms with van der Waals surface area (Å²) in [5, 5.41) is 0.730. The van der Waals surface area contributed by atoms with Crippen molar-refractivity contribution in [3.8, 4) is 5.75 Å². The maximum absolute atomic E-state index is 12.9. The number of nitrogens with zero attached hydrogens (tertiary/aromatic N) is 1. The second kappa shape index (κ2) is 8.52. The Hall–Kier alpha value is -1.42. The maximum atomic E-state index is 12.9. The molecule has 1 fully saturated rings. The SMILES string of the molecule is O=S(=O)(c1ccc(OC(F)(F)F)cc1)N1CCSC(c2ccccc2Cl)CC1. The molecule has 4 nitrogen and oxygen atoms in total. The van der Waals surface area contributed by atoms with E-state index in [0.717, 1.165) is 29.8 Å². The highest BCUT2D eigenvalue weighted by atomic mass is 35.5. The van der Waals surface area contributed by atoms with E-state index in [1.165, 1.54) is 4.31 Å². The molecule has 1 heterocycles. The van der Waals surface area contributed by atoms with Gasteiger partial charge in [-0.05, 0) is 42.3 Å². The molecule has 0 saturated carbocycles. The zero-order valence-electron chi connectivity index (χ0n) is 14.5. The van der Waals surface area contributed by atoms with E-state index >= 15 is 0 Å². The summed E-state index contributed by atoms with van der Waals surface area (Å²) < 4.78 is 67.7. The molecule has 0 spiro atoms. The lowest BCUT2D eigenvalue weighted by Gasteiger charge is -2.20. The van der Waals surface area contributed by atoms with Crippen molar-refractivity contribution >= 4 is 33.4 Å². The van der Waals surface area contributed by atoms with Crippen LogP contribution in [-0.2, 0) is 10.0 Å². The number of ether oxygens (including phenoxy) is 1. The standard InChI is InChI=1S/C18H17ClF3NO3S2/c19-16-4-2-1-3-15(16)17-9-10-23(11-12-27-17)28(24,25)14-7-5-13(6-8-14)26-18(20,21)22/h1-8,17H,9-12H2. The first kappa shape index (κ1) is 21.3. The van der Waals surface area contributed by atoms with Gasteiger partial charge in [0.25, 0.3) is 0 Å². The molecule has 1 aliphatic rings. The minimum atomic E-state index is -4.82. The molecule has 0 amide bonds. The van der Waals surface area contributed by atoms with Crippen LogP contribution < -0.4 is 4.74 Å². The van der Waals surface area contributed by atoms with Crippen LogP contribution in [0.5, 0.6) is 5.75 Å². The van der Waals surface area contributed by atoms with Crippen molar-refractivity contribution in [2.75, 3.05) is 18.8 Å². The average Bonchev–Trinajstić information content (AvgIpc) is 2.88. The van der Waals surface area contributed by atoms with Crippen molar-refractivity contribution in [1.29, 1.82) is 0 Å². The van der Waals surface area contributed by atoms with Gasteiger partial charge in [-0.25, -0.2) is 8.42 Å². The van der Waals surface area contributed by atoms with Crippen LogP contribution >= 0.6 is 23.4 Å². The number of halogens is 4. The third-order valence-electron chi connectivity index (χ3n) is 4.25. The summed E-state index contributed by atoms with van der Waals surface area (Å²) in [4.78, 5) is -0.0665. The minimum Gasteiger partial charge on any atom is -0.406 e. The number of benzene rings is 2. The molecule has 2 aromatic carbocycles. The smallest absolute Gasteiger partial charge is 0.406 e. The number of rotatable bonds is 4. The fourth-order valence-corrected chi connectivity index (χ4v) is 6.11. The van der Waals surface area contributed by atoms with Crippen LogP contribution in [-0.4, -0.2) is 37.9 Å². The molecule has 10 heteroatoms. The summed E-state index contributed by atoms with van der Waals surface area (Å²) in [5.41, 5.74) is 0.974. The molecule has 0 aromatic heterocycles. The molecule has 1 atom stereocenters. The van der Waals surface area contributed by atoms with Gasteiger partial charge in [0.05, 0.1) is 4.90 Å². The van der Waals surface area contributed by atoms with E-state index in [4.69, 9.17) is 11.6 Å². The van der Waals surface area contributed by atoms with Gasteiger partial charge in [-0.15, -0.1) is 13.2 Å². The van der Waals surface area contributed by atoms with Crippen LogP contribution in [0.1, 0.15) is 17.2 Å². The molecule has 0 radical (unpaired) electrons. The second-order valence-electron chi connectivity index (χ2n) is 6.09. The molecular formula is C18H17ClF3NO3S2. The third-order valence-corrected chi connectivity index (χ3v) is 7.81. The van der Waals surface area contributed by atoms with Gasteiger partial charge in [0.2, 0.25) is 10.0 Å². The summed E-state index contributed by atoms with van der Waals surface area (Å²) in [5.74, 6) is 0.126. The predicted molar refractivity (Wildman–Crippen MR) is 103 cm³/mol. The Bertz CT molecular complexity index is 920. The van der Waals surface area contributed by atoms with E-state index in [9.17, 15) is 21.6 Å². The molecule has 1 aliphatic heterocycles. The predicted octanol–water partition coefficient (Wildman–Crippen LogP) is 5.11. The summed E-state index contributed by atoms with van der Waals surface area (Å²) in [6, 6.07) is 11.7. The van der Waals surface area contributed by atoms with Crippen LogP contribution in [0.4, 0.5) is 13.2 Å². The highest BCUT2D eigenvalue weighted by molar-refractivity contribution is 7.99. The number of sulfonamides is 1. The summed E-state index contributed by atoms with van der Waals surface area (Å²) in [6.07, 6.45) is -4.24. The molecular weight excluding hydrogens is 435 g/mol. The van der Waals surface area contributed by atoms with Crippen LogP contribution in [0, 0.1) is 0 Å². The van der Waals surface area contributed by atoms with Crippen molar-refractivity contribution in [2.45, 2.75) is 22.9 Å². The third kappa shape index (κ3) is 5.14. The lowest BCUT2D eigenvalue weighted by Crippen LogP contribution is -2.33. The number of thioether (sulfide) groups is 1. The van der Waals surface area contributed by atoms with Gasteiger partial charge < -0.3 is 4.74 Å². The van der Waals surface area contributed by atoms with Crippen LogP contribution in [0.3, 0.4) is 0 Å². The molecule has 28 heavy (non-hydrogen) atoms. The first-order valence-corrected chi connectivity index (χ1v) is 11.3. The van der Waals surface area contributed by atoms with Crippen molar-refractivity contribution in [1.82, 2.24) is 4.31 Å². The van der Waals surface area contributed by atoms with E-state index in [-0.39, 0.29) is 10.1 Å². The van der Waals surface area contributed by atoms with Gasteiger partial charge in [0, 0.05) is 29.1 Å². The van der Waals surface area contributed by atoms with Crippen molar-refractivity contribution in [3.05, 3.63) is 59.1 Å². The van der Waals surface area contributed by atoms with E-state index in [1.54, 1.807) is 17.8 Å². The van der Waals surface area contributed by atoms with Crippen molar-refractivity contribution in [2.24, 2.45) is 0 Å². The quantitative estimate of drug-likeness (QED) is 0.648. The van der Waals surface area contributed by atoms with Gasteiger partial charge in [-0.3, -0.25) is 0 Å².